The second kappa shape index (κ2) is 8.23. The molecule has 4 rings (SSSR count). The zero-order chi connectivity index (χ0) is 21.1. The summed E-state index contributed by atoms with van der Waals surface area (Å²) in [4.78, 5) is 12.3. The third-order valence-corrected chi connectivity index (χ3v) is 6.48. The number of hydroxylamine groups is 1. The van der Waals surface area contributed by atoms with E-state index in [1.54, 1.807) is 17.6 Å². The van der Waals surface area contributed by atoms with Gasteiger partial charge in [0.25, 0.3) is 5.91 Å². The van der Waals surface area contributed by atoms with E-state index in [2.05, 4.69) is 4.72 Å². The number of carbonyl (C=O) groups excluding carboxylic acids is 1. The Kier molecular flexibility index (Phi) is 5.50. The van der Waals surface area contributed by atoms with Crippen LogP contribution in [0.3, 0.4) is 0 Å². The van der Waals surface area contributed by atoms with Crippen LogP contribution in [0, 0.1) is 0 Å². The number of rotatable bonds is 6. The quantitative estimate of drug-likeness (QED) is 0.329. The molecule has 30 heavy (non-hydrogen) atoms. The molecule has 0 saturated carbocycles. The minimum atomic E-state index is -3.99. The molecule has 0 fully saturated rings. The molecule has 152 valence electrons. The van der Waals surface area contributed by atoms with Crippen molar-refractivity contribution in [2.75, 3.05) is 0 Å². The molecule has 4 aromatic carbocycles. The van der Waals surface area contributed by atoms with Gasteiger partial charge in [0.2, 0.25) is 10.0 Å². The average Bonchev–Trinajstić information content (AvgIpc) is 2.77. The molecule has 1 atom stereocenters. The topological polar surface area (TPSA) is 95.5 Å². The minimum Gasteiger partial charge on any atom is -0.289 e. The standard InChI is InChI=1S/C23H20N2O4S/c26-23(24-27)22(14-16-9-10-17-5-1-3-7-19(17)13-16)25-30(28,29)21-12-11-18-6-2-4-8-20(18)15-21/h1-13,15,22,25,27H,14H2,(H,24,26)/t22-/m1/s1. The fourth-order valence-electron chi connectivity index (χ4n) is 3.46. The van der Waals surface area contributed by atoms with Crippen LogP contribution in [0.25, 0.3) is 21.5 Å². The van der Waals surface area contributed by atoms with Gasteiger partial charge in [0, 0.05) is 0 Å². The summed E-state index contributed by atoms with van der Waals surface area (Å²) >= 11 is 0. The number of carbonyl (C=O) groups is 1. The summed E-state index contributed by atoms with van der Waals surface area (Å²) < 4.78 is 28.3. The van der Waals surface area contributed by atoms with Crippen molar-refractivity contribution in [3.63, 3.8) is 0 Å². The van der Waals surface area contributed by atoms with Gasteiger partial charge in [-0.3, -0.25) is 10.0 Å². The Bertz CT molecular complexity index is 1340. The van der Waals surface area contributed by atoms with Gasteiger partial charge >= 0.3 is 0 Å². The van der Waals surface area contributed by atoms with Crippen LogP contribution in [0.15, 0.2) is 89.8 Å². The molecule has 0 aliphatic carbocycles. The highest BCUT2D eigenvalue weighted by atomic mass is 32.2. The molecule has 0 heterocycles. The molecule has 0 unspecified atom stereocenters. The highest BCUT2D eigenvalue weighted by molar-refractivity contribution is 7.89. The number of benzene rings is 4. The van der Waals surface area contributed by atoms with Gasteiger partial charge in [0.1, 0.15) is 6.04 Å². The molecule has 0 spiro atoms. The smallest absolute Gasteiger partial charge is 0.261 e. The second-order valence-electron chi connectivity index (χ2n) is 7.04. The van der Waals surface area contributed by atoms with Gasteiger partial charge in [-0.05, 0) is 45.7 Å². The van der Waals surface area contributed by atoms with E-state index in [9.17, 15) is 13.2 Å². The summed E-state index contributed by atoms with van der Waals surface area (Å²) in [6.07, 6.45) is 0.0873. The Morgan fingerprint density at radius 3 is 2.00 bits per heavy atom. The lowest BCUT2D eigenvalue weighted by molar-refractivity contribution is -0.130. The highest BCUT2D eigenvalue weighted by Gasteiger charge is 2.26. The van der Waals surface area contributed by atoms with E-state index in [0.29, 0.717) is 0 Å². The predicted octanol–water partition coefficient (Wildman–Crippen LogP) is 3.39. The van der Waals surface area contributed by atoms with Crippen molar-refractivity contribution in [2.45, 2.75) is 17.4 Å². The average molecular weight is 420 g/mol. The maximum atomic E-state index is 12.9. The first-order valence-corrected chi connectivity index (χ1v) is 10.9. The Morgan fingerprint density at radius 1 is 0.800 bits per heavy atom. The summed E-state index contributed by atoms with van der Waals surface area (Å²) in [5.74, 6) is -0.826. The minimum absolute atomic E-state index is 0.0513. The zero-order valence-corrected chi connectivity index (χ0v) is 16.8. The third kappa shape index (κ3) is 4.18. The molecule has 0 radical (unpaired) electrons. The fraction of sp³-hybridized carbons (Fsp3) is 0.0870. The van der Waals surface area contributed by atoms with Crippen molar-refractivity contribution in [2.24, 2.45) is 0 Å². The Hall–Kier alpha value is -3.26. The molecule has 4 aromatic rings. The van der Waals surface area contributed by atoms with Crippen LogP contribution >= 0.6 is 0 Å². The van der Waals surface area contributed by atoms with Crippen molar-refractivity contribution in [3.8, 4) is 0 Å². The molecule has 0 aromatic heterocycles. The van der Waals surface area contributed by atoms with Crippen LogP contribution in [0.4, 0.5) is 0 Å². The summed E-state index contributed by atoms with van der Waals surface area (Å²) in [6.45, 7) is 0. The molecule has 0 bridgehead atoms. The van der Waals surface area contributed by atoms with Crippen molar-refractivity contribution in [1.82, 2.24) is 10.2 Å². The Labute approximate surface area is 174 Å². The van der Waals surface area contributed by atoms with Crippen LogP contribution in [0.1, 0.15) is 5.56 Å². The van der Waals surface area contributed by atoms with E-state index in [-0.39, 0.29) is 11.3 Å². The van der Waals surface area contributed by atoms with E-state index < -0.39 is 22.0 Å². The lowest BCUT2D eigenvalue weighted by Crippen LogP contribution is -2.47. The summed E-state index contributed by atoms with van der Waals surface area (Å²) in [5, 5.41) is 12.8. The van der Waals surface area contributed by atoms with Gasteiger partial charge < -0.3 is 0 Å². The van der Waals surface area contributed by atoms with E-state index >= 15 is 0 Å². The summed E-state index contributed by atoms with van der Waals surface area (Å²) in [6, 6.07) is 24.4. The Morgan fingerprint density at radius 2 is 1.37 bits per heavy atom. The van der Waals surface area contributed by atoms with E-state index in [1.807, 2.05) is 66.7 Å². The first-order valence-electron chi connectivity index (χ1n) is 9.39. The predicted molar refractivity (Wildman–Crippen MR) is 116 cm³/mol. The Balaban J connectivity index is 1.63. The molecular weight excluding hydrogens is 400 g/mol. The number of fused-ring (bicyclic) bond motifs is 2. The molecule has 0 aliphatic rings. The van der Waals surface area contributed by atoms with Gasteiger partial charge in [-0.2, -0.15) is 4.72 Å². The van der Waals surface area contributed by atoms with Crippen LogP contribution in [0.2, 0.25) is 0 Å². The first kappa shape index (κ1) is 20.0. The second-order valence-corrected chi connectivity index (χ2v) is 8.76. The summed E-state index contributed by atoms with van der Waals surface area (Å²) in [7, 11) is -3.99. The van der Waals surface area contributed by atoms with Crippen LogP contribution in [0.5, 0.6) is 0 Å². The van der Waals surface area contributed by atoms with Crippen molar-refractivity contribution in [3.05, 3.63) is 90.5 Å². The lowest BCUT2D eigenvalue weighted by atomic mass is 10.0. The number of hydrogen-bond donors (Lipinski definition) is 3. The van der Waals surface area contributed by atoms with Gasteiger partial charge in [-0.1, -0.05) is 72.8 Å². The van der Waals surface area contributed by atoms with Crippen LogP contribution in [-0.2, 0) is 21.2 Å². The molecule has 6 nitrogen and oxygen atoms in total. The zero-order valence-electron chi connectivity index (χ0n) is 15.9. The van der Waals surface area contributed by atoms with E-state index in [1.165, 1.54) is 6.07 Å². The first-order chi connectivity index (χ1) is 14.5. The van der Waals surface area contributed by atoms with Crippen molar-refractivity contribution >= 4 is 37.5 Å². The molecule has 3 N–H and O–H groups in total. The molecule has 7 heteroatoms. The third-order valence-electron chi connectivity index (χ3n) is 5.01. The van der Waals surface area contributed by atoms with Crippen molar-refractivity contribution < 1.29 is 18.4 Å². The number of sulfonamides is 1. The SMILES string of the molecule is O=C(NO)[C@@H](Cc1ccc2ccccc2c1)NS(=O)(=O)c1ccc2ccccc2c1. The number of nitrogens with one attached hydrogen (secondary N) is 2. The normalized spacial score (nSPS) is 12.7. The van der Waals surface area contributed by atoms with Gasteiger partial charge in [-0.25, -0.2) is 13.9 Å². The van der Waals surface area contributed by atoms with Crippen LogP contribution < -0.4 is 10.2 Å². The molecule has 1 amide bonds. The molecule has 0 saturated heterocycles. The largest absolute Gasteiger partial charge is 0.289 e. The highest BCUT2D eigenvalue weighted by Crippen LogP contribution is 2.20. The van der Waals surface area contributed by atoms with Crippen molar-refractivity contribution in [1.29, 1.82) is 0 Å². The monoisotopic (exact) mass is 420 g/mol. The van der Waals surface area contributed by atoms with Crippen LogP contribution in [-0.4, -0.2) is 25.6 Å². The maximum absolute atomic E-state index is 12.9. The lowest BCUT2D eigenvalue weighted by Gasteiger charge is -2.17. The van der Waals surface area contributed by atoms with E-state index in [0.717, 1.165) is 27.1 Å². The van der Waals surface area contributed by atoms with Gasteiger partial charge in [0.05, 0.1) is 4.90 Å². The van der Waals surface area contributed by atoms with Gasteiger partial charge in [-0.15, -0.1) is 0 Å². The summed E-state index contributed by atoms with van der Waals surface area (Å²) in [5.41, 5.74) is 2.33. The maximum Gasteiger partial charge on any atom is 0.261 e. The van der Waals surface area contributed by atoms with Gasteiger partial charge in [0.15, 0.2) is 0 Å². The molecule has 0 aliphatic heterocycles. The molecular formula is C23H20N2O4S. The fourth-order valence-corrected chi connectivity index (χ4v) is 4.69. The van der Waals surface area contributed by atoms with E-state index in [4.69, 9.17) is 5.21 Å². The number of amides is 1. The number of hydrogen-bond acceptors (Lipinski definition) is 4.